The highest BCUT2D eigenvalue weighted by molar-refractivity contribution is 7.15. The van der Waals surface area contributed by atoms with Gasteiger partial charge in [0, 0.05) is 10.4 Å². The number of halogens is 2. The highest BCUT2D eigenvalue weighted by Gasteiger charge is 2.41. The number of rotatable bonds is 11. The number of nitrogens with two attached hydrogens (primary N) is 1. The van der Waals surface area contributed by atoms with Crippen LogP contribution in [0, 0.1) is 11.7 Å². The summed E-state index contributed by atoms with van der Waals surface area (Å²) in [5.74, 6) is -1.34. The lowest BCUT2D eigenvalue weighted by atomic mass is 9.99. The monoisotopic (exact) mass is 600 g/mol. The van der Waals surface area contributed by atoms with Gasteiger partial charge < -0.3 is 19.9 Å². The minimum Gasteiger partial charge on any atom is -0.497 e. The molecule has 11 heteroatoms. The van der Waals surface area contributed by atoms with Crippen molar-refractivity contribution in [2.24, 2.45) is 11.7 Å². The Morgan fingerprint density at radius 3 is 2.54 bits per heavy atom. The number of esters is 1. The average Bonchev–Trinajstić information content (AvgIpc) is 3.53. The van der Waals surface area contributed by atoms with E-state index in [1.54, 1.807) is 43.5 Å². The second-order valence-electron chi connectivity index (χ2n) is 9.56. The molecule has 216 valence electrons. The molecule has 1 aliphatic heterocycles. The summed E-state index contributed by atoms with van der Waals surface area (Å²) in [6, 6.07) is 11.3. The second kappa shape index (κ2) is 13.2. The zero-order valence-electron chi connectivity index (χ0n) is 22.9. The molecule has 0 bridgehead atoms. The van der Waals surface area contributed by atoms with Gasteiger partial charge in [0.25, 0.3) is 5.91 Å². The molecule has 1 aliphatic rings. The third-order valence-electron chi connectivity index (χ3n) is 6.78. The third-order valence-corrected chi connectivity index (χ3v) is 8.08. The molecule has 2 heterocycles. The average molecular weight is 601 g/mol. The van der Waals surface area contributed by atoms with Crippen LogP contribution in [0.3, 0.4) is 0 Å². The number of carbonyl (C=O) groups is 3. The van der Waals surface area contributed by atoms with Gasteiger partial charge in [-0.1, -0.05) is 55.3 Å². The van der Waals surface area contributed by atoms with E-state index in [9.17, 15) is 18.8 Å². The van der Waals surface area contributed by atoms with E-state index in [0.717, 1.165) is 42.7 Å². The van der Waals surface area contributed by atoms with Crippen molar-refractivity contribution in [1.82, 2.24) is 0 Å². The summed E-state index contributed by atoms with van der Waals surface area (Å²) in [7, 11) is 1.54. The Morgan fingerprint density at radius 1 is 1.15 bits per heavy atom. The van der Waals surface area contributed by atoms with Crippen LogP contribution in [0.4, 0.5) is 14.9 Å². The van der Waals surface area contributed by atoms with Crippen LogP contribution in [0.25, 0.3) is 11.1 Å². The third kappa shape index (κ3) is 6.71. The first-order chi connectivity index (χ1) is 19.6. The van der Waals surface area contributed by atoms with Crippen LogP contribution in [-0.4, -0.2) is 31.6 Å². The Bertz CT molecular complexity index is 1490. The van der Waals surface area contributed by atoms with Gasteiger partial charge >= 0.3 is 12.0 Å². The van der Waals surface area contributed by atoms with Gasteiger partial charge in [-0.3, -0.25) is 4.79 Å². The number of urea groups is 1. The van der Waals surface area contributed by atoms with Gasteiger partial charge in [0.05, 0.1) is 35.6 Å². The molecule has 3 amide bonds. The highest BCUT2D eigenvalue weighted by Crippen LogP contribution is 2.45. The number of nitrogens with zero attached hydrogens (tertiary/aromatic N) is 1. The molecule has 1 atom stereocenters. The number of hydrogen-bond acceptors (Lipinski definition) is 7. The predicted octanol–water partition coefficient (Wildman–Crippen LogP) is 6.83. The number of thiophene rings is 1. The van der Waals surface area contributed by atoms with E-state index < -0.39 is 23.7 Å². The Balaban J connectivity index is 1.73. The minimum absolute atomic E-state index is 0.00322. The standard InChI is InChI=1S/C30H30ClFN2O6S/c1-4-17(2)6-5-13-39-25-12-11-24(41-25)27(29(36)40-16-18-7-9-19(38-3)10-8-18)26-20-14-22(32)21(31)15-23(20)34(28(26)35)30(33)37/h7-12,14-15,17H,4-6,13,16H2,1-3H3,(H2,33,37). The maximum atomic E-state index is 14.6. The molecule has 0 spiro atoms. The number of hydrogen-bond donors (Lipinski definition) is 1. The van der Waals surface area contributed by atoms with Crippen molar-refractivity contribution in [3.05, 3.63) is 75.4 Å². The smallest absolute Gasteiger partial charge is 0.340 e. The molecule has 2 N–H and O–H groups in total. The van der Waals surface area contributed by atoms with Crippen LogP contribution in [-0.2, 0) is 20.9 Å². The zero-order chi connectivity index (χ0) is 29.7. The second-order valence-corrected chi connectivity index (χ2v) is 11.0. The number of carbonyl (C=O) groups excluding carboxylic acids is 3. The van der Waals surface area contributed by atoms with E-state index in [-0.39, 0.29) is 34.0 Å². The van der Waals surface area contributed by atoms with E-state index in [0.29, 0.717) is 38.7 Å². The number of imide groups is 1. The van der Waals surface area contributed by atoms with Crippen LogP contribution in [0.15, 0.2) is 48.5 Å². The molecule has 0 radical (unpaired) electrons. The van der Waals surface area contributed by atoms with Crippen LogP contribution in [0.5, 0.6) is 10.8 Å². The maximum absolute atomic E-state index is 14.6. The van der Waals surface area contributed by atoms with Crippen molar-refractivity contribution in [1.29, 1.82) is 0 Å². The molecule has 0 saturated heterocycles. The predicted molar refractivity (Wildman–Crippen MR) is 157 cm³/mol. The molecule has 4 rings (SSSR count). The largest absolute Gasteiger partial charge is 0.497 e. The Kier molecular flexibility index (Phi) is 9.67. The molecule has 8 nitrogen and oxygen atoms in total. The Hall–Kier alpha value is -3.89. The summed E-state index contributed by atoms with van der Waals surface area (Å²) >= 11 is 7.09. The van der Waals surface area contributed by atoms with E-state index in [4.69, 9.17) is 31.5 Å². The fraction of sp³-hybridized carbons (Fsp3) is 0.300. The molecule has 0 aliphatic carbocycles. The molecule has 0 saturated carbocycles. The normalized spacial score (nSPS) is 14.5. The molecule has 41 heavy (non-hydrogen) atoms. The van der Waals surface area contributed by atoms with Gasteiger partial charge in [0.2, 0.25) is 0 Å². The number of primary amides is 1. The molecular weight excluding hydrogens is 571 g/mol. The van der Waals surface area contributed by atoms with Crippen LogP contribution in [0.2, 0.25) is 5.02 Å². The maximum Gasteiger partial charge on any atom is 0.340 e. The van der Waals surface area contributed by atoms with Gasteiger partial charge in [0.15, 0.2) is 5.06 Å². The Labute approximate surface area is 246 Å². The van der Waals surface area contributed by atoms with Crippen molar-refractivity contribution in [3.63, 3.8) is 0 Å². The summed E-state index contributed by atoms with van der Waals surface area (Å²) in [6.07, 6.45) is 2.96. The topological polar surface area (TPSA) is 108 Å². The number of ether oxygens (including phenoxy) is 3. The molecular formula is C30H30ClFN2O6S. The van der Waals surface area contributed by atoms with Crippen LogP contribution >= 0.6 is 22.9 Å². The number of amides is 3. The van der Waals surface area contributed by atoms with E-state index in [1.165, 1.54) is 0 Å². The van der Waals surface area contributed by atoms with Crippen molar-refractivity contribution in [2.75, 3.05) is 18.6 Å². The lowest BCUT2D eigenvalue weighted by Gasteiger charge is -2.12. The lowest BCUT2D eigenvalue weighted by Crippen LogP contribution is -2.38. The van der Waals surface area contributed by atoms with Crippen molar-refractivity contribution >= 4 is 57.7 Å². The molecule has 3 aromatic rings. The van der Waals surface area contributed by atoms with E-state index in [2.05, 4.69) is 13.8 Å². The number of fused-ring (bicyclic) bond motifs is 1. The van der Waals surface area contributed by atoms with Gasteiger partial charge in [-0.05, 0) is 60.7 Å². The number of methoxy groups -OCH3 is 1. The summed E-state index contributed by atoms with van der Waals surface area (Å²) in [6.45, 7) is 4.70. The molecule has 1 unspecified atom stereocenters. The van der Waals surface area contributed by atoms with Gasteiger partial charge in [-0.2, -0.15) is 0 Å². The van der Waals surface area contributed by atoms with Crippen LogP contribution in [0.1, 0.15) is 49.1 Å². The van der Waals surface area contributed by atoms with E-state index in [1.807, 2.05) is 0 Å². The van der Waals surface area contributed by atoms with Crippen molar-refractivity contribution in [2.45, 2.75) is 39.7 Å². The van der Waals surface area contributed by atoms with Crippen LogP contribution < -0.4 is 20.1 Å². The summed E-state index contributed by atoms with van der Waals surface area (Å²) in [5.41, 5.74) is 5.77. The summed E-state index contributed by atoms with van der Waals surface area (Å²) in [5, 5.41) is 0.224. The van der Waals surface area contributed by atoms with Crippen molar-refractivity contribution in [3.8, 4) is 10.8 Å². The first kappa shape index (κ1) is 30.1. The molecule has 1 aromatic heterocycles. The fourth-order valence-electron chi connectivity index (χ4n) is 4.33. The SMILES string of the molecule is CCC(C)CCCOc1ccc(C(C(=O)OCc2ccc(OC)cc2)=C2C(=O)N(C(N)=O)c3cc(Cl)c(F)cc32)s1. The molecule has 2 aromatic carbocycles. The first-order valence-corrected chi connectivity index (χ1v) is 14.2. The first-order valence-electron chi connectivity index (χ1n) is 13.0. The zero-order valence-corrected chi connectivity index (χ0v) is 24.4. The minimum atomic E-state index is -1.10. The van der Waals surface area contributed by atoms with E-state index >= 15 is 0 Å². The lowest BCUT2D eigenvalue weighted by molar-refractivity contribution is -0.137. The highest BCUT2D eigenvalue weighted by atomic mass is 35.5. The Morgan fingerprint density at radius 2 is 1.88 bits per heavy atom. The summed E-state index contributed by atoms with van der Waals surface area (Å²) < 4.78 is 31.3. The van der Waals surface area contributed by atoms with Gasteiger partial charge in [-0.15, -0.1) is 0 Å². The fourth-order valence-corrected chi connectivity index (χ4v) is 5.40. The number of anilines is 1. The van der Waals surface area contributed by atoms with Gasteiger partial charge in [-0.25, -0.2) is 18.9 Å². The quantitative estimate of drug-likeness (QED) is 0.147. The number of benzene rings is 2. The summed E-state index contributed by atoms with van der Waals surface area (Å²) in [4.78, 5) is 40.5. The molecule has 0 fully saturated rings. The van der Waals surface area contributed by atoms with Crippen molar-refractivity contribution < 1.29 is 33.0 Å². The van der Waals surface area contributed by atoms with Gasteiger partial charge in [0.1, 0.15) is 18.2 Å².